The SMILES string of the molecule is CC(C)(C)C1CCN(CC(O)C2CC2)C1. The number of rotatable bonds is 3. The van der Waals surface area contributed by atoms with E-state index in [0.717, 1.165) is 12.5 Å². The highest BCUT2D eigenvalue weighted by atomic mass is 16.3. The molecule has 0 amide bonds. The maximum absolute atomic E-state index is 9.90. The van der Waals surface area contributed by atoms with E-state index in [1.54, 1.807) is 0 Å². The lowest BCUT2D eigenvalue weighted by Crippen LogP contribution is -2.33. The van der Waals surface area contributed by atoms with Crippen molar-refractivity contribution in [2.75, 3.05) is 19.6 Å². The van der Waals surface area contributed by atoms with Gasteiger partial charge in [-0.3, -0.25) is 0 Å². The van der Waals surface area contributed by atoms with Crippen molar-refractivity contribution in [1.82, 2.24) is 4.90 Å². The standard InChI is InChI=1S/C13H25NO/c1-13(2,3)11-6-7-14(8-11)9-12(15)10-4-5-10/h10-12,15H,4-9H2,1-3H3. The molecule has 1 saturated heterocycles. The van der Waals surface area contributed by atoms with Gasteiger partial charge in [-0.05, 0) is 43.1 Å². The van der Waals surface area contributed by atoms with Crippen LogP contribution in [0, 0.1) is 17.3 Å². The van der Waals surface area contributed by atoms with Crippen LogP contribution in [0.4, 0.5) is 0 Å². The predicted molar refractivity (Wildman–Crippen MR) is 62.7 cm³/mol. The minimum Gasteiger partial charge on any atom is -0.392 e. The van der Waals surface area contributed by atoms with Crippen LogP contribution in [0.2, 0.25) is 0 Å². The van der Waals surface area contributed by atoms with Crippen molar-refractivity contribution in [3.05, 3.63) is 0 Å². The third kappa shape index (κ3) is 2.94. The number of hydrogen-bond acceptors (Lipinski definition) is 2. The van der Waals surface area contributed by atoms with Crippen LogP contribution in [0.25, 0.3) is 0 Å². The van der Waals surface area contributed by atoms with E-state index in [0.29, 0.717) is 11.3 Å². The van der Waals surface area contributed by atoms with E-state index >= 15 is 0 Å². The lowest BCUT2D eigenvalue weighted by atomic mass is 9.80. The largest absolute Gasteiger partial charge is 0.392 e. The Kier molecular flexibility index (Phi) is 3.09. The van der Waals surface area contributed by atoms with Gasteiger partial charge in [0.1, 0.15) is 0 Å². The molecule has 2 unspecified atom stereocenters. The molecule has 1 aliphatic carbocycles. The van der Waals surface area contributed by atoms with Gasteiger partial charge in [-0.25, -0.2) is 0 Å². The molecular weight excluding hydrogens is 186 g/mol. The van der Waals surface area contributed by atoms with Crippen molar-refractivity contribution in [3.8, 4) is 0 Å². The molecule has 2 fully saturated rings. The van der Waals surface area contributed by atoms with Gasteiger partial charge < -0.3 is 10.0 Å². The Balaban J connectivity index is 1.77. The molecule has 0 aromatic carbocycles. The second kappa shape index (κ2) is 4.06. The first-order chi connectivity index (χ1) is 6.97. The summed E-state index contributed by atoms with van der Waals surface area (Å²) >= 11 is 0. The van der Waals surface area contributed by atoms with Crippen molar-refractivity contribution in [2.45, 2.75) is 46.1 Å². The summed E-state index contributed by atoms with van der Waals surface area (Å²) < 4.78 is 0. The third-order valence-corrected chi connectivity index (χ3v) is 4.11. The molecule has 0 aromatic heterocycles. The molecule has 2 atom stereocenters. The number of β-amino-alcohol motifs (C(OH)–C–C–N with tert-alkyl or cyclic N) is 1. The number of likely N-dealkylation sites (tertiary alicyclic amines) is 1. The van der Waals surface area contributed by atoms with Gasteiger partial charge in [0.2, 0.25) is 0 Å². The summed E-state index contributed by atoms with van der Waals surface area (Å²) in [4.78, 5) is 2.46. The van der Waals surface area contributed by atoms with Crippen LogP contribution in [0.3, 0.4) is 0 Å². The fraction of sp³-hybridized carbons (Fsp3) is 1.00. The molecule has 0 aromatic rings. The molecule has 1 N–H and O–H groups in total. The van der Waals surface area contributed by atoms with Gasteiger partial charge in [0.25, 0.3) is 0 Å². The van der Waals surface area contributed by atoms with Crippen molar-refractivity contribution in [3.63, 3.8) is 0 Å². The second-order valence-corrected chi connectivity index (χ2v) is 6.52. The minimum absolute atomic E-state index is 0.0521. The summed E-state index contributed by atoms with van der Waals surface area (Å²) in [6, 6.07) is 0. The molecule has 88 valence electrons. The lowest BCUT2D eigenvalue weighted by molar-refractivity contribution is 0.100. The lowest BCUT2D eigenvalue weighted by Gasteiger charge is -2.27. The molecule has 1 aliphatic heterocycles. The Morgan fingerprint density at radius 1 is 1.27 bits per heavy atom. The van der Waals surface area contributed by atoms with Gasteiger partial charge in [-0.1, -0.05) is 20.8 Å². The van der Waals surface area contributed by atoms with Gasteiger partial charge in [-0.15, -0.1) is 0 Å². The third-order valence-electron chi connectivity index (χ3n) is 4.11. The minimum atomic E-state index is -0.0521. The highest BCUT2D eigenvalue weighted by Crippen LogP contribution is 2.36. The Morgan fingerprint density at radius 2 is 1.93 bits per heavy atom. The molecule has 1 heterocycles. The highest BCUT2D eigenvalue weighted by Gasteiger charge is 2.35. The molecular formula is C13H25NO. The summed E-state index contributed by atoms with van der Waals surface area (Å²) in [5.74, 6) is 1.43. The van der Waals surface area contributed by atoms with E-state index in [2.05, 4.69) is 25.7 Å². The molecule has 2 nitrogen and oxygen atoms in total. The summed E-state index contributed by atoms with van der Waals surface area (Å²) in [5, 5.41) is 9.90. The van der Waals surface area contributed by atoms with Gasteiger partial charge >= 0.3 is 0 Å². The van der Waals surface area contributed by atoms with Gasteiger partial charge in [0, 0.05) is 13.1 Å². The van der Waals surface area contributed by atoms with Crippen molar-refractivity contribution < 1.29 is 5.11 Å². The van der Waals surface area contributed by atoms with Crippen molar-refractivity contribution in [2.24, 2.45) is 17.3 Å². The quantitative estimate of drug-likeness (QED) is 0.773. The van der Waals surface area contributed by atoms with Crippen LogP contribution < -0.4 is 0 Å². The zero-order valence-electron chi connectivity index (χ0n) is 10.4. The topological polar surface area (TPSA) is 23.5 Å². The summed E-state index contributed by atoms with van der Waals surface area (Å²) in [5.41, 5.74) is 0.430. The van der Waals surface area contributed by atoms with Crippen LogP contribution in [-0.2, 0) is 0 Å². The molecule has 15 heavy (non-hydrogen) atoms. The molecule has 0 bridgehead atoms. The fourth-order valence-electron chi connectivity index (χ4n) is 2.60. The number of hydrogen-bond donors (Lipinski definition) is 1. The molecule has 2 aliphatic rings. The first-order valence-electron chi connectivity index (χ1n) is 6.37. The highest BCUT2D eigenvalue weighted by molar-refractivity contribution is 4.88. The van der Waals surface area contributed by atoms with E-state index in [9.17, 15) is 5.11 Å². The summed E-state index contributed by atoms with van der Waals surface area (Å²) in [6.07, 6.45) is 3.75. The van der Waals surface area contributed by atoms with Gasteiger partial charge in [-0.2, -0.15) is 0 Å². The van der Waals surface area contributed by atoms with E-state index in [1.807, 2.05) is 0 Å². The monoisotopic (exact) mass is 211 g/mol. The Labute approximate surface area is 93.7 Å². The van der Waals surface area contributed by atoms with E-state index in [4.69, 9.17) is 0 Å². The summed E-state index contributed by atoms with van der Waals surface area (Å²) in [6.45, 7) is 10.3. The molecule has 2 rings (SSSR count). The van der Waals surface area contributed by atoms with Crippen LogP contribution in [0.15, 0.2) is 0 Å². The van der Waals surface area contributed by atoms with Gasteiger partial charge in [0.05, 0.1) is 6.10 Å². The van der Waals surface area contributed by atoms with Crippen molar-refractivity contribution in [1.29, 1.82) is 0 Å². The van der Waals surface area contributed by atoms with E-state index in [-0.39, 0.29) is 6.10 Å². The fourth-order valence-corrected chi connectivity index (χ4v) is 2.60. The molecule has 0 spiro atoms. The maximum Gasteiger partial charge on any atom is 0.0695 e. The summed E-state index contributed by atoms with van der Waals surface area (Å²) in [7, 11) is 0. The van der Waals surface area contributed by atoms with Gasteiger partial charge in [0.15, 0.2) is 0 Å². The van der Waals surface area contributed by atoms with E-state index < -0.39 is 0 Å². The van der Waals surface area contributed by atoms with Crippen LogP contribution in [0.5, 0.6) is 0 Å². The number of aliphatic hydroxyl groups excluding tert-OH is 1. The molecule has 1 saturated carbocycles. The Bertz CT molecular complexity index is 217. The van der Waals surface area contributed by atoms with Crippen molar-refractivity contribution >= 4 is 0 Å². The van der Waals surface area contributed by atoms with Crippen LogP contribution >= 0.6 is 0 Å². The smallest absolute Gasteiger partial charge is 0.0695 e. The molecule has 2 heteroatoms. The number of aliphatic hydroxyl groups is 1. The predicted octanol–water partition coefficient (Wildman–Crippen LogP) is 2.13. The first kappa shape index (κ1) is 11.4. The Hall–Kier alpha value is -0.0800. The average Bonchev–Trinajstić information content (AvgIpc) is 2.86. The van der Waals surface area contributed by atoms with Crippen LogP contribution in [0.1, 0.15) is 40.0 Å². The van der Waals surface area contributed by atoms with E-state index in [1.165, 1.54) is 32.4 Å². The zero-order chi connectivity index (χ0) is 11.1. The number of nitrogens with zero attached hydrogens (tertiary/aromatic N) is 1. The second-order valence-electron chi connectivity index (χ2n) is 6.52. The Morgan fingerprint density at radius 3 is 2.40 bits per heavy atom. The zero-order valence-corrected chi connectivity index (χ0v) is 10.4. The average molecular weight is 211 g/mol. The normalized spacial score (nSPS) is 30.8. The first-order valence-corrected chi connectivity index (χ1v) is 6.37. The van der Waals surface area contributed by atoms with Crippen LogP contribution in [-0.4, -0.2) is 35.7 Å². The maximum atomic E-state index is 9.90. The molecule has 0 radical (unpaired) electrons.